The number of anilines is 1. The third kappa shape index (κ3) is 3.45. The van der Waals surface area contributed by atoms with E-state index in [0.29, 0.717) is 11.7 Å². The minimum absolute atomic E-state index is 0.395. The van der Waals surface area contributed by atoms with Crippen LogP contribution in [-0.4, -0.2) is 11.7 Å². The normalized spacial score (nSPS) is 17.1. The molecule has 4 heteroatoms. The Morgan fingerprint density at radius 1 is 1.14 bits per heavy atom. The highest BCUT2D eigenvalue weighted by Crippen LogP contribution is 2.35. The molecule has 2 aromatic rings. The van der Waals surface area contributed by atoms with Gasteiger partial charge in [-0.05, 0) is 23.3 Å². The molecule has 104 valence electrons. The Hall–Kier alpha value is -2.25. The molecule has 1 atom stereocenters. The molecule has 2 aromatic carbocycles. The lowest BCUT2D eigenvalue weighted by Gasteiger charge is -2.09. The fourth-order valence-corrected chi connectivity index (χ4v) is 3.24. The number of hydrogen-bond donors (Lipinski definition) is 1. The van der Waals surface area contributed by atoms with Crippen molar-refractivity contribution >= 4 is 22.6 Å². The number of nitriles is 1. The van der Waals surface area contributed by atoms with E-state index >= 15 is 0 Å². The van der Waals surface area contributed by atoms with E-state index in [0.717, 1.165) is 23.0 Å². The number of aliphatic imine (C=N–C) groups is 1. The quantitative estimate of drug-likeness (QED) is 0.930. The van der Waals surface area contributed by atoms with Crippen molar-refractivity contribution in [3.05, 3.63) is 65.7 Å². The number of benzene rings is 2. The van der Waals surface area contributed by atoms with Crippen LogP contribution in [0.2, 0.25) is 0 Å². The van der Waals surface area contributed by atoms with Crippen LogP contribution in [0.15, 0.2) is 59.6 Å². The Labute approximate surface area is 128 Å². The van der Waals surface area contributed by atoms with E-state index in [-0.39, 0.29) is 0 Å². The number of amidine groups is 1. The lowest BCUT2D eigenvalue weighted by Crippen LogP contribution is -2.05. The van der Waals surface area contributed by atoms with Gasteiger partial charge in [0.25, 0.3) is 0 Å². The first-order chi connectivity index (χ1) is 10.3. The van der Waals surface area contributed by atoms with E-state index in [9.17, 15) is 0 Å². The van der Waals surface area contributed by atoms with Gasteiger partial charge in [-0.2, -0.15) is 5.26 Å². The zero-order chi connectivity index (χ0) is 14.5. The predicted octanol–water partition coefficient (Wildman–Crippen LogP) is 4.01. The zero-order valence-corrected chi connectivity index (χ0v) is 12.3. The minimum Gasteiger partial charge on any atom is -0.335 e. The van der Waals surface area contributed by atoms with Crippen molar-refractivity contribution in [1.29, 1.82) is 5.26 Å². The number of nitrogens with one attached hydrogen (secondary N) is 1. The van der Waals surface area contributed by atoms with Crippen molar-refractivity contribution in [3.63, 3.8) is 0 Å². The van der Waals surface area contributed by atoms with Gasteiger partial charge >= 0.3 is 0 Å². The van der Waals surface area contributed by atoms with Gasteiger partial charge in [-0.3, -0.25) is 4.99 Å². The van der Waals surface area contributed by atoms with Gasteiger partial charge < -0.3 is 5.32 Å². The molecule has 0 saturated carbocycles. The van der Waals surface area contributed by atoms with Crippen LogP contribution >= 0.6 is 11.8 Å². The summed E-state index contributed by atoms with van der Waals surface area (Å²) >= 11 is 1.76. The summed E-state index contributed by atoms with van der Waals surface area (Å²) < 4.78 is 0. The third-order valence-corrected chi connectivity index (χ3v) is 4.47. The number of rotatable bonds is 3. The zero-order valence-electron chi connectivity index (χ0n) is 11.5. The van der Waals surface area contributed by atoms with Crippen molar-refractivity contribution in [2.75, 3.05) is 11.9 Å². The van der Waals surface area contributed by atoms with Gasteiger partial charge in [0, 0.05) is 5.69 Å². The summed E-state index contributed by atoms with van der Waals surface area (Å²) in [6, 6.07) is 20.5. The molecule has 1 aliphatic rings. The van der Waals surface area contributed by atoms with Crippen molar-refractivity contribution in [2.24, 2.45) is 4.99 Å². The maximum absolute atomic E-state index is 8.67. The van der Waals surface area contributed by atoms with Gasteiger partial charge in [0.1, 0.15) is 0 Å². The third-order valence-electron chi connectivity index (χ3n) is 3.31. The van der Waals surface area contributed by atoms with Crippen LogP contribution in [0.3, 0.4) is 0 Å². The topological polar surface area (TPSA) is 48.2 Å². The van der Waals surface area contributed by atoms with Crippen molar-refractivity contribution in [2.45, 2.75) is 11.7 Å². The molecule has 21 heavy (non-hydrogen) atoms. The molecule has 1 heterocycles. The van der Waals surface area contributed by atoms with E-state index in [4.69, 9.17) is 5.26 Å². The minimum atomic E-state index is 0.395. The van der Waals surface area contributed by atoms with Gasteiger partial charge in [-0.1, -0.05) is 54.2 Å². The fraction of sp³-hybridized carbons (Fsp3) is 0.176. The van der Waals surface area contributed by atoms with Crippen LogP contribution in [0.1, 0.15) is 16.4 Å². The number of hydrogen-bond acceptors (Lipinski definition) is 4. The lowest BCUT2D eigenvalue weighted by atomic mass is 10.1. The second kappa shape index (κ2) is 6.47. The van der Waals surface area contributed by atoms with Crippen LogP contribution in [-0.2, 0) is 6.42 Å². The first kappa shape index (κ1) is 13.7. The van der Waals surface area contributed by atoms with Gasteiger partial charge in [0.05, 0.1) is 24.3 Å². The van der Waals surface area contributed by atoms with Crippen LogP contribution < -0.4 is 5.32 Å². The fourth-order valence-electron chi connectivity index (χ4n) is 2.21. The highest BCUT2D eigenvalue weighted by molar-refractivity contribution is 8.14. The second-order valence-corrected chi connectivity index (χ2v) is 6.01. The molecule has 1 unspecified atom stereocenters. The molecule has 3 rings (SSSR count). The summed E-state index contributed by atoms with van der Waals surface area (Å²) in [5, 5.41) is 13.4. The Morgan fingerprint density at radius 2 is 1.90 bits per heavy atom. The average Bonchev–Trinajstić information content (AvgIpc) is 2.99. The first-order valence-electron chi connectivity index (χ1n) is 6.84. The lowest BCUT2D eigenvalue weighted by molar-refractivity contribution is 0.966. The van der Waals surface area contributed by atoms with E-state index in [1.807, 2.05) is 30.3 Å². The molecule has 0 aromatic heterocycles. The van der Waals surface area contributed by atoms with Gasteiger partial charge in [-0.25, -0.2) is 0 Å². The summed E-state index contributed by atoms with van der Waals surface area (Å²) in [7, 11) is 0. The summed E-state index contributed by atoms with van der Waals surface area (Å²) in [6.45, 7) is 0.809. The molecule has 0 saturated heterocycles. The van der Waals surface area contributed by atoms with E-state index < -0.39 is 0 Å². The van der Waals surface area contributed by atoms with E-state index in [1.165, 1.54) is 5.56 Å². The Morgan fingerprint density at radius 3 is 2.62 bits per heavy atom. The SMILES string of the molecule is N#CCc1ccc(NC2=NCC(c3ccccc3)S2)cc1. The van der Waals surface area contributed by atoms with Crippen molar-refractivity contribution in [3.8, 4) is 6.07 Å². The first-order valence-corrected chi connectivity index (χ1v) is 7.72. The average molecular weight is 293 g/mol. The number of thioether (sulfide) groups is 1. The Bertz CT molecular complexity index is 671. The number of nitrogens with zero attached hydrogens (tertiary/aromatic N) is 2. The van der Waals surface area contributed by atoms with E-state index in [2.05, 4.69) is 40.6 Å². The summed E-state index contributed by atoms with van der Waals surface area (Å²) in [5.74, 6) is 0. The largest absolute Gasteiger partial charge is 0.335 e. The Balaban J connectivity index is 1.61. The van der Waals surface area contributed by atoms with Gasteiger partial charge in [0.15, 0.2) is 5.17 Å². The van der Waals surface area contributed by atoms with Gasteiger partial charge in [-0.15, -0.1) is 0 Å². The van der Waals surface area contributed by atoms with E-state index in [1.54, 1.807) is 11.8 Å². The molecule has 1 N–H and O–H groups in total. The molecule has 0 fully saturated rings. The molecule has 0 aliphatic carbocycles. The molecular weight excluding hydrogens is 278 g/mol. The molecule has 0 bridgehead atoms. The van der Waals surface area contributed by atoms with Crippen molar-refractivity contribution < 1.29 is 0 Å². The predicted molar refractivity (Wildman–Crippen MR) is 88.5 cm³/mol. The smallest absolute Gasteiger partial charge is 0.161 e. The van der Waals surface area contributed by atoms with Crippen molar-refractivity contribution in [1.82, 2.24) is 0 Å². The van der Waals surface area contributed by atoms with Crippen LogP contribution in [0.5, 0.6) is 0 Å². The summed E-state index contributed by atoms with van der Waals surface area (Å²) in [6.07, 6.45) is 0.450. The van der Waals surface area contributed by atoms with Crippen LogP contribution in [0.25, 0.3) is 0 Å². The second-order valence-electron chi connectivity index (χ2n) is 4.82. The van der Waals surface area contributed by atoms with Gasteiger partial charge in [0.2, 0.25) is 0 Å². The molecule has 0 spiro atoms. The van der Waals surface area contributed by atoms with Crippen LogP contribution in [0.4, 0.5) is 5.69 Å². The molecule has 0 radical (unpaired) electrons. The molecule has 3 nitrogen and oxygen atoms in total. The molecule has 1 aliphatic heterocycles. The highest BCUT2D eigenvalue weighted by atomic mass is 32.2. The maximum Gasteiger partial charge on any atom is 0.161 e. The maximum atomic E-state index is 8.67. The molecule has 0 amide bonds. The van der Waals surface area contributed by atoms with Crippen LogP contribution in [0, 0.1) is 11.3 Å². The highest BCUT2D eigenvalue weighted by Gasteiger charge is 2.21. The summed E-state index contributed by atoms with van der Waals surface area (Å²) in [4.78, 5) is 4.56. The Kier molecular flexibility index (Phi) is 4.23. The monoisotopic (exact) mass is 293 g/mol. The molecular formula is C17H15N3S. The standard InChI is InChI=1S/C17H15N3S/c18-11-10-13-6-8-15(9-7-13)20-17-19-12-16(21-17)14-4-2-1-3-5-14/h1-9,16H,10,12H2,(H,19,20). The summed E-state index contributed by atoms with van der Waals surface area (Å²) in [5.41, 5.74) is 3.36.